The van der Waals surface area contributed by atoms with Gasteiger partial charge in [0.25, 0.3) is 5.91 Å². The Morgan fingerprint density at radius 3 is 2.52 bits per heavy atom. The van der Waals surface area contributed by atoms with E-state index in [1.807, 2.05) is 0 Å². The van der Waals surface area contributed by atoms with Gasteiger partial charge in [0.15, 0.2) is 6.61 Å². The summed E-state index contributed by atoms with van der Waals surface area (Å²) in [6.07, 6.45) is 1.84. The lowest BCUT2D eigenvalue weighted by Gasteiger charge is -2.25. The Morgan fingerprint density at radius 2 is 1.85 bits per heavy atom. The van der Waals surface area contributed by atoms with E-state index in [-0.39, 0.29) is 23.6 Å². The molecular weight excluding hydrogens is 376 g/mol. The summed E-state index contributed by atoms with van der Waals surface area (Å²) in [7, 11) is -3.68. The van der Waals surface area contributed by atoms with Gasteiger partial charge in [-0.25, -0.2) is 22.9 Å². The van der Waals surface area contributed by atoms with Crippen LogP contribution in [0.3, 0.4) is 0 Å². The fourth-order valence-electron chi connectivity index (χ4n) is 2.95. The van der Waals surface area contributed by atoms with Gasteiger partial charge < -0.3 is 9.47 Å². The van der Waals surface area contributed by atoms with Crippen LogP contribution in [-0.4, -0.2) is 68.4 Å². The van der Waals surface area contributed by atoms with Crippen LogP contribution in [0.15, 0.2) is 29.2 Å². The minimum Gasteiger partial charge on any atom is -0.452 e. The predicted molar refractivity (Wildman–Crippen MR) is 92.4 cm³/mol. The van der Waals surface area contributed by atoms with Crippen molar-refractivity contribution in [2.45, 2.75) is 24.2 Å². The monoisotopic (exact) mass is 396 g/mol. The number of ether oxygens (including phenoxy) is 2. The van der Waals surface area contributed by atoms with E-state index < -0.39 is 34.6 Å². The standard InChI is InChI=1S/C17H20N2O7S/c20-15(19-9-10-25-17(19)22)12-26-16(21)13-5-4-6-14(11-13)27(23,24)18-7-2-1-3-8-18/h4-6,11H,1-3,7-10,12H2. The van der Waals surface area contributed by atoms with Crippen LogP contribution in [0.4, 0.5) is 4.79 Å². The molecule has 3 rings (SSSR count). The summed E-state index contributed by atoms with van der Waals surface area (Å²) in [4.78, 5) is 36.2. The molecule has 0 spiro atoms. The molecule has 0 aliphatic carbocycles. The number of hydrogen-bond acceptors (Lipinski definition) is 7. The van der Waals surface area contributed by atoms with Gasteiger partial charge in [0, 0.05) is 13.1 Å². The molecule has 1 aromatic rings. The van der Waals surface area contributed by atoms with Crippen molar-refractivity contribution in [2.24, 2.45) is 0 Å². The number of imide groups is 1. The van der Waals surface area contributed by atoms with E-state index >= 15 is 0 Å². The van der Waals surface area contributed by atoms with Gasteiger partial charge in [0.1, 0.15) is 6.61 Å². The normalized spacial score (nSPS) is 18.2. The Kier molecular flexibility index (Phi) is 5.76. The van der Waals surface area contributed by atoms with Crippen molar-refractivity contribution in [3.05, 3.63) is 29.8 Å². The molecule has 2 saturated heterocycles. The fourth-order valence-corrected chi connectivity index (χ4v) is 4.51. The van der Waals surface area contributed by atoms with Crippen LogP contribution in [-0.2, 0) is 24.3 Å². The zero-order chi connectivity index (χ0) is 19.4. The van der Waals surface area contributed by atoms with Crippen molar-refractivity contribution >= 4 is 28.0 Å². The average Bonchev–Trinajstić information content (AvgIpc) is 3.12. The summed E-state index contributed by atoms with van der Waals surface area (Å²) in [6.45, 7) is 0.500. The first kappa shape index (κ1) is 19.3. The number of hydrogen-bond donors (Lipinski definition) is 0. The molecular formula is C17H20N2O7S. The van der Waals surface area contributed by atoms with E-state index in [2.05, 4.69) is 4.74 Å². The van der Waals surface area contributed by atoms with Crippen molar-refractivity contribution in [1.29, 1.82) is 0 Å². The van der Waals surface area contributed by atoms with E-state index in [0.29, 0.717) is 13.1 Å². The zero-order valence-electron chi connectivity index (χ0n) is 14.6. The first-order valence-corrected chi connectivity index (χ1v) is 10.1. The molecule has 146 valence electrons. The fraction of sp³-hybridized carbons (Fsp3) is 0.471. The molecule has 2 heterocycles. The average molecular weight is 396 g/mol. The molecule has 2 aliphatic rings. The number of rotatable bonds is 5. The summed E-state index contributed by atoms with van der Waals surface area (Å²) in [6, 6.07) is 5.52. The van der Waals surface area contributed by atoms with Crippen LogP contribution in [0.5, 0.6) is 0 Å². The van der Waals surface area contributed by atoms with Gasteiger partial charge in [-0.1, -0.05) is 12.5 Å². The third kappa shape index (κ3) is 4.28. The number of nitrogens with zero attached hydrogens (tertiary/aromatic N) is 2. The number of amides is 2. The lowest BCUT2D eigenvalue weighted by molar-refractivity contribution is -0.131. The highest BCUT2D eigenvalue weighted by Crippen LogP contribution is 2.21. The minimum atomic E-state index is -3.68. The van der Waals surface area contributed by atoms with Crippen LogP contribution in [0.2, 0.25) is 0 Å². The highest BCUT2D eigenvalue weighted by molar-refractivity contribution is 7.89. The molecule has 0 bridgehead atoms. The van der Waals surface area contributed by atoms with Gasteiger partial charge in [-0.15, -0.1) is 0 Å². The van der Waals surface area contributed by atoms with Crippen LogP contribution in [0, 0.1) is 0 Å². The summed E-state index contributed by atoms with van der Waals surface area (Å²) in [5.41, 5.74) is 0.0184. The molecule has 0 radical (unpaired) electrons. The minimum absolute atomic E-state index is 0.00768. The molecule has 0 atom stereocenters. The Labute approximate surface area is 156 Å². The third-order valence-electron chi connectivity index (χ3n) is 4.41. The number of sulfonamides is 1. The molecule has 0 N–H and O–H groups in total. The number of piperidine rings is 1. The maximum atomic E-state index is 12.7. The molecule has 0 aromatic heterocycles. The first-order chi connectivity index (χ1) is 12.9. The molecule has 1 aromatic carbocycles. The van der Waals surface area contributed by atoms with E-state index in [1.54, 1.807) is 0 Å². The molecule has 0 saturated carbocycles. The Bertz CT molecular complexity index is 847. The molecule has 2 aliphatic heterocycles. The third-order valence-corrected chi connectivity index (χ3v) is 6.31. The Balaban J connectivity index is 1.66. The summed E-state index contributed by atoms with van der Waals surface area (Å²) >= 11 is 0. The molecule has 27 heavy (non-hydrogen) atoms. The molecule has 9 nitrogen and oxygen atoms in total. The maximum absolute atomic E-state index is 12.7. The largest absolute Gasteiger partial charge is 0.452 e. The Morgan fingerprint density at radius 1 is 1.11 bits per heavy atom. The molecule has 10 heteroatoms. The number of carbonyl (C=O) groups is 3. The van der Waals surface area contributed by atoms with Crippen molar-refractivity contribution in [2.75, 3.05) is 32.8 Å². The quantitative estimate of drug-likeness (QED) is 0.683. The van der Waals surface area contributed by atoms with Crippen LogP contribution >= 0.6 is 0 Å². The molecule has 0 unspecified atom stereocenters. The Hall–Kier alpha value is -2.46. The second-order valence-electron chi connectivity index (χ2n) is 6.23. The maximum Gasteiger partial charge on any atom is 0.416 e. The predicted octanol–water partition coefficient (Wildman–Crippen LogP) is 0.997. The molecule has 2 amide bonds. The lowest BCUT2D eigenvalue weighted by Crippen LogP contribution is -2.36. The first-order valence-electron chi connectivity index (χ1n) is 8.64. The zero-order valence-corrected chi connectivity index (χ0v) is 15.4. The summed E-state index contributed by atoms with van der Waals surface area (Å²) < 4.78 is 36.4. The van der Waals surface area contributed by atoms with Crippen molar-refractivity contribution in [3.63, 3.8) is 0 Å². The SMILES string of the molecule is O=C(OCC(=O)N1CCOC1=O)c1cccc(S(=O)(=O)N2CCCCC2)c1. The van der Waals surface area contributed by atoms with Crippen molar-refractivity contribution < 1.29 is 32.3 Å². The summed E-state index contributed by atoms with van der Waals surface area (Å²) in [5.74, 6) is -1.53. The van der Waals surface area contributed by atoms with E-state index in [9.17, 15) is 22.8 Å². The second-order valence-corrected chi connectivity index (χ2v) is 8.17. The second kappa shape index (κ2) is 8.05. The van der Waals surface area contributed by atoms with E-state index in [1.165, 1.54) is 28.6 Å². The van der Waals surface area contributed by atoms with Crippen LogP contribution in [0.1, 0.15) is 29.6 Å². The van der Waals surface area contributed by atoms with Gasteiger partial charge in [-0.3, -0.25) is 4.79 Å². The smallest absolute Gasteiger partial charge is 0.416 e. The van der Waals surface area contributed by atoms with Gasteiger partial charge in [-0.05, 0) is 31.0 Å². The van der Waals surface area contributed by atoms with E-state index in [0.717, 1.165) is 24.2 Å². The number of carbonyl (C=O) groups excluding carboxylic acids is 3. The van der Waals surface area contributed by atoms with Crippen molar-refractivity contribution in [1.82, 2.24) is 9.21 Å². The van der Waals surface area contributed by atoms with E-state index in [4.69, 9.17) is 4.74 Å². The molecule has 2 fully saturated rings. The van der Waals surface area contributed by atoms with Crippen LogP contribution in [0.25, 0.3) is 0 Å². The topological polar surface area (TPSA) is 110 Å². The van der Waals surface area contributed by atoms with Crippen molar-refractivity contribution in [3.8, 4) is 0 Å². The van der Waals surface area contributed by atoms with Gasteiger partial charge in [-0.2, -0.15) is 4.31 Å². The van der Waals surface area contributed by atoms with Gasteiger partial charge in [0.05, 0.1) is 17.0 Å². The van der Waals surface area contributed by atoms with Gasteiger partial charge >= 0.3 is 12.1 Å². The summed E-state index contributed by atoms with van der Waals surface area (Å²) in [5, 5.41) is 0. The van der Waals surface area contributed by atoms with Gasteiger partial charge in [0.2, 0.25) is 10.0 Å². The highest BCUT2D eigenvalue weighted by atomic mass is 32.2. The number of cyclic esters (lactones) is 1. The highest BCUT2D eigenvalue weighted by Gasteiger charge is 2.30. The number of benzene rings is 1. The number of esters is 1. The lowest BCUT2D eigenvalue weighted by atomic mass is 10.2. The van der Waals surface area contributed by atoms with Crippen LogP contribution < -0.4 is 0 Å².